The van der Waals surface area contributed by atoms with Crippen LogP contribution in [0, 0.1) is 0 Å². The van der Waals surface area contributed by atoms with Crippen LogP contribution in [-0.4, -0.2) is 37.7 Å². The van der Waals surface area contributed by atoms with E-state index in [2.05, 4.69) is 11.8 Å². The molecule has 0 bridgehead atoms. The van der Waals surface area contributed by atoms with E-state index in [1.807, 2.05) is 18.2 Å². The van der Waals surface area contributed by atoms with Gasteiger partial charge in [-0.1, -0.05) is 18.2 Å². The third kappa shape index (κ3) is 2.38. The second-order valence-electron chi connectivity index (χ2n) is 6.03. The molecule has 0 aliphatic carbocycles. The minimum absolute atomic E-state index is 0.220. The molecule has 2 N–H and O–H groups in total. The highest BCUT2D eigenvalue weighted by Crippen LogP contribution is 2.38. The van der Waals surface area contributed by atoms with Crippen molar-refractivity contribution in [2.75, 3.05) is 12.3 Å². The minimum atomic E-state index is -3.09. The molecule has 2 aliphatic heterocycles. The largest absolute Gasteiger partial charge is 0.328 e. The van der Waals surface area contributed by atoms with Crippen molar-refractivity contribution in [3.05, 3.63) is 29.8 Å². The number of nitrogens with two attached hydrogens (primary N) is 1. The molecule has 1 aromatic rings. The Labute approximate surface area is 120 Å². The fourth-order valence-electron chi connectivity index (χ4n) is 3.61. The van der Waals surface area contributed by atoms with Gasteiger partial charge < -0.3 is 5.73 Å². The van der Waals surface area contributed by atoms with Crippen LogP contribution in [0.3, 0.4) is 0 Å². The summed E-state index contributed by atoms with van der Waals surface area (Å²) in [6, 6.07) is 8.38. The van der Waals surface area contributed by atoms with Gasteiger partial charge in [0.15, 0.2) is 9.84 Å². The van der Waals surface area contributed by atoms with Crippen LogP contribution < -0.4 is 5.73 Å². The van der Waals surface area contributed by atoms with Gasteiger partial charge in [-0.2, -0.15) is 0 Å². The maximum Gasteiger partial charge on any atom is 0.178 e. The van der Waals surface area contributed by atoms with E-state index in [9.17, 15) is 8.42 Å². The molecule has 0 aromatic heterocycles. The Kier molecular flexibility index (Phi) is 3.60. The predicted molar refractivity (Wildman–Crippen MR) is 79.2 cm³/mol. The molecule has 3 rings (SSSR count). The second-order valence-corrected chi connectivity index (χ2v) is 8.11. The SMILES string of the molecule is CC1CC(N)CCN1C1CCS(=O)(=O)c2ccccc21. The van der Waals surface area contributed by atoms with Crippen molar-refractivity contribution in [2.45, 2.75) is 49.2 Å². The highest BCUT2D eigenvalue weighted by molar-refractivity contribution is 7.91. The van der Waals surface area contributed by atoms with Gasteiger partial charge in [0.05, 0.1) is 10.6 Å². The molecule has 1 aromatic carbocycles. The number of rotatable bonds is 1. The van der Waals surface area contributed by atoms with Crippen LogP contribution in [0.15, 0.2) is 29.2 Å². The lowest BCUT2D eigenvalue weighted by atomic mass is 9.93. The van der Waals surface area contributed by atoms with Crippen LogP contribution >= 0.6 is 0 Å². The van der Waals surface area contributed by atoms with Crippen molar-refractivity contribution in [1.29, 1.82) is 0 Å². The van der Waals surface area contributed by atoms with E-state index in [0.29, 0.717) is 17.4 Å². The molecule has 5 heteroatoms. The summed E-state index contributed by atoms with van der Waals surface area (Å²) in [6.07, 6.45) is 2.68. The molecule has 1 saturated heterocycles. The van der Waals surface area contributed by atoms with Crippen LogP contribution in [0.4, 0.5) is 0 Å². The number of benzene rings is 1. The maximum absolute atomic E-state index is 12.2. The minimum Gasteiger partial charge on any atom is -0.328 e. The number of fused-ring (bicyclic) bond motifs is 1. The molecular weight excluding hydrogens is 272 g/mol. The number of sulfone groups is 1. The highest BCUT2D eigenvalue weighted by Gasteiger charge is 2.36. The van der Waals surface area contributed by atoms with Gasteiger partial charge >= 0.3 is 0 Å². The Morgan fingerprint density at radius 3 is 2.75 bits per heavy atom. The van der Waals surface area contributed by atoms with Gasteiger partial charge in [-0.25, -0.2) is 8.42 Å². The molecular formula is C15H22N2O2S. The summed E-state index contributed by atoms with van der Waals surface area (Å²) in [6.45, 7) is 3.16. The van der Waals surface area contributed by atoms with Gasteiger partial charge in [0.25, 0.3) is 0 Å². The zero-order valence-corrected chi connectivity index (χ0v) is 12.6. The van der Waals surface area contributed by atoms with Crippen molar-refractivity contribution in [3.63, 3.8) is 0 Å². The van der Waals surface area contributed by atoms with E-state index >= 15 is 0 Å². The lowest BCUT2D eigenvalue weighted by Crippen LogP contribution is -2.48. The Morgan fingerprint density at radius 1 is 1.25 bits per heavy atom. The molecule has 4 nitrogen and oxygen atoms in total. The molecule has 3 unspecified atom stereocenters. The van der Waals surface area contributed by atoms with Crippen LogP contribution in [0.1, 0.15) is 37.8 Å². The fourth-order valence-corrected chi connectivity index (χ4v) is 5.21. The summed E-state index contributed by atoms with van der Waals surface area (Å²) in [5.41, 5.74) is 7.01. The Balaban J connectivity index is 1.96. The molecule has 0 spiro atoms. The first kappa shape index (κ1) is 14.0. The van der Waals surface area contributed by atoms with Crippen molar-refractivity contribution in [3.8, 4) is 0 Å². The van der Waals surface area contributed by atoms with Crippen LogP contribution in [0.5, 0.6) is 0 Å². The molecule has 0 amide bonds. The summed E-state index contributed by atoms with van der Waals surface area (Å²) in [4.78, 5) is 2.97. The Morgan fingerprint density at radius 2 is 2.00 bits per heavy atom. The van der Waals surface area contributed by atoms with Gasteiger partial charge in [0.2, 0.25) is 0 Å². The number of likely N-dealkylation sites (tertiary alicyclic amines) is 1. The van der Waals surface area contributed by atoms with E-state index in [0.717, 1.165) is 24.9 Å². The highest BCUT2D eigenvalue weighted by atomic mass is 32.2. The van der Waals surface area contributed by atoms with Crippen LogP contribution in [-0.2, 0) is 9.84 Å². The summed E-state index contributed by atoms with van der Waals surface area (Å²) >= 11 is 0. The van der Waals surface area contributed by atoms with E-state index in [4.69, 9.17) is 5.73 Å². The third-order valence-corrected chi connectivity index (χ3v) is 6.46. The van der Waals surface area contributed by atoms with Crippen LogP contribution in [0.25, 0.3) is 0 Å². The fraction of sp³-hybridized carbons (Fsp3) is 0.600. The second kappa shape index (κ2) is 5.13. The summed E-state index contributed by atoms with van der Waals surface area (Å²) < 4.78 is 24.4. The van der Waals surface area contributed by atoms with Gasteiger partial charge in [0.1, 0.15) is 0 Å². The Hall–Kier alpha value is -0.910. The summed E-state index contributed by atoms with van der Waals surface area (Å²) in [5.74, 6) is 0.254. The van der Waals surface area contributed by atoms with Gasteiger partial charge in [-0.05, 0) is 37.8 Å². The van der Waals surface area contributed by atoms with E-state index in [-0.39, 0.29) is 17.8 Å². The predicted octanol–water partition coefficient (Wildman–Crippen LogP) is 1.72. The summed E-state index contributed by atoms with van der Waals surface area (Å²) in [5, 5.41) is 0. The quantitative estimate of drug-likeness (QED) is 0.856. The van der Waals surface area contributed by atoms with Gasteiger partial charge in [-0.3, -0.25) is 4.90 Å². The molecule has 2 aliphatic rings. The number of hydrogen-bond donors (Lipinski definition) is 1. The molecule has 2 heterocycles. The summed E-state index contributed by atoms with van der Waals surface area (Å²) in [7, 11) is -3.09. The lowest BCUT2D eigenvalue weighted by Gasteiger charge is -2.43. The van der Waals surface area contributed by atoms with Gasteiger partial charge in [0, 0.05) is 24.7 Å². The van der Waals surface area contributed by atoms with Crippen molar-refractivity contribution < 1.29 is 8.42 Å². The monoisotopic (exact) mass is 294 g/mol. The van der Waals surface area contributed by atoms with E-state index in [1.165, 1.54) is 0 Å². The smallest absolute Gasteiger partial charge is 0.178 e. The van der Waals surface area contributed by atoms with Gasteiger partial charge in [-0.15, -0.1) is 0 Å². The van der Waals surface area contributed by atoms with Crippen molar-refractivity contribution >= 4 is 9.84 Å². The first-order valence-corrected chi connectivity index (χ1v) is 8.97. The van der Waals surface area contributed by atoms with Crippen molar-refractivity contribution in [1.82, 2.24) is 4.90 Å². The number of nitrogens with zero attached hydrogens (tertiary/aromatic N) is 1. The van der Waals surface area contributed by atoms with Crippen LogP contribution in [0.2, 0.25) is 0 Å². The molecule has 110 valence electrons. The molecule has 1 fully saturated rings. The molecule has 0 saturated carbocycles. The lowest BCUT2D eigenvalue weighted by molar-refractivity contribution is 0.0906. The average Bonchev–Trinajstić information content (AvgIpc) is 2.40. The average molecular weight is 294 g/mol. The molecule has 3 atom stereocenters. The number of piperidine rings is 1. The topological polar surface area (TPSA) is 63.4 Å². The maximum atomic E-state index is 12.2. The zero-order valence-electron chi connectivity index (χ0n) is 11.8. The first-order chi connectivity index (χ1) is 9.49. The molecule has 20 heavy (non-hydrogen) atoms. The first-order valence-electron chi connectivity index (χ1n) is 7.32. The standard InChI is InChI=1S/C15H22N2O2S/c1-11-10-12(16)6-8-17(11)14-7-9-20(18,19)15-5-3-2-4-13(14)15/h2-5,11-12,14H,6-10,16H2,1H3. The third-order valence-electron chi connectivity index (χ3n) is 4.64. The zero-order chi connectivity index (χ0) is 14.3. The normalized spacial score (nSPS) is 33.6. The van der Waals surface area contributed by atoms with Crippen molar-refractivity contribution in [2.24, 2.45) is 5.73 Å². The Bertz CT molecular complexity index is 600. The number of hydrogen-bond acceptors (Lipinski definition) is 4. The van der Waals surface area contributed by atoms with E-state index in [1.54, 1.807) is 6.07 Å². The van der Waals surface area contributed by atoms with E-state index < -0.39 is 9.84 Å². The molecule has 0 radical (unpaired) electrons.